The highest BCUT2D eigenvalue weighted by Gasteiger charge is 2.44. The number of hydrogen-bond donors (Lipinski definition) is 2. The Kier molecular flexibility index (Phi) is 25.3. The Bertz CT molecular complexity index is 1700. The van der Waals surface area contributed by atoms with Crippen LogP contribution >= 0.6 is 0 Å². The van der Waals surface area contributed by atoms with Gasteiger partial charge in [0.25, 0.3) is 5.91 Å². The number of amides is 3. The lowest BCUT2D eigenvalue weighted by Crippen LogP contribution is -2.54. The largest absolute Gasteiger partial charge is 0.503 e. The maximum atomic E-state index is 13.2. The molecule has 0 aliphatic carbocycles. The number of rotatable bonds is 18. The first-order valence-corrected chi connectivity index (χ1v) is 22.6. The molecule has 1 aromatic rings. The normalized spacial score (nSPS) is 23.9. The predicted octanol–water partition coefficient (Wildman–Crippen LogP) is 5.86. The number of methoxy groups -OCH3 is 1. The minimum atomic E-state index is -1.43. The summed E-state index contributed by atoms with van der Waals surface area (Å²) in [5, 5.41) is 12.7. The molecule has 67 heavy (non-hydrogen) atoms. The molecule has 380 valence electrons. The Labute approximate surface area is 395 Å². The maximum absolute atomic E-state index is 13.2. The van der Waals surface area contributed by atoms with E-state index in [4.69, 9.17) is 52.1 Å². The van der Waals surface area contributed by atoms with Crippen LogP contribution in [0.2, 0.25) is 0 Å². The minimum absolute atomic E-state index is 0.0550. The van der Waals surface area contributed by atoms with Crippen molar-refractivity contribution in [2.75, 3.05) is 60.0 Å². The molecule has 3 heterocycles. The molecule has 0 spiro atoms. The van der Waals surface area contributed by atoms with Crippen molar-refractivity contribution in [1.29, 1.82) is 0 Å². The summed E-state index contributed by atoms with van der Waals surface area (Å²) in [5.41, 5.74) is -2.12. The number of cyclic esters (lactones) is 2. The quantitative estimate of drug-likeness (QED) is 0.0759. The monoisotopic (exact) mass is 954 g/mol. The highest BCUT2D eigenvalue weighted by Crippen LogP contribution is 2.28. The van der Waals surface area contributed by atoms with E-state index in [0.717, 1.165) is 25.7 Å². The first kappa shape index (κ1) is 58.3. The predicted molar refractivity (Wildman–Crippen MR) is 244 cm³/mol. The van der Waals surface area contributed by atoms with Gasteiger partial charge in [-0.1, -0.05) is 38.8 Å². The van der Waals surface area contributed by atoms with Gasteiger partial charge in [-0.2, -0.15) is 4.90 Å². The van der Waals surface area contributed by atoms with Gasteiger partial charge in [0.1, 0.15) is 47.8 Å². The van der Waals surface area contributed by atoms with Crippen LogP contribution in [0.5, 0.6) is 11.5 Å². The first-order chi connectivity index (χ1) is 31.6. The van der Waals surface area contributed by atoms with E-state index in [1.54, 1.807) is 67.5 Å². The molecule has 0 unspecified atom stereocenters. The number of nitrogens with zero attached hydrogens (tertiary/aromatic N) is 2. The lowest BCUT2D eigenvalue weighted by atomic mass is 10.1. The summed E-state index contributed by atoms with van der Waals surface area (Å²) in [5.74, 6) is -2.67. The average molecular weight is 954 g/mol. The van der Waals surface area contributed by atoms with Gasteiger partial charge in [0, 0.05) is 25.5 Å². The summed E-state index contributed by atoms with van der Waals surface area (Å²) in [6, 6.07) is -1.14. The maximum Gasteiger partial charge on any atom is 0.420 e. The third-order valence-corrected chi connectivity index (χ3v) is 9.54. The third kappa shape index (κ3) is 20.1. The number of carbonyl (C=O) groups is 5. The molecule has 0 saturated carbocycles. The molecule has 20 nitrogen and oxygen atoms in total. The Morgan fingerprint density at radius 3 is 1.72 bits per heavy atom. The number of hydrogen-bond acceptors (Lipinski definition) is 18. The van der Waals surface area contributed by atoms with E-state index >= 15 is 0 Å². The van der Waals surface area contributed by atoms with Crippen LogP contribution in [0.25, 0.3) is 0 Å². The fourth-order valence-corrected chi connectivity index (χ4v) is 6.30. The summed E-state index contributed by atoms with van der Waals surface area (Å²) in [7, 11) is 1.35. The fraction of sp³-hybridized carbons (Fsp3) is 0.702. The minimum Gasteiger partial charge on any atom is -0.503 e. The zero-order valence-electron chi connectivity index (χ0n) is 41.2. The van der Waals surface area contributed by atoms with Gasteiger partial charge >= 0.3 is 24.1 Å². The fourth-order valence-electron chi connectivity index (χ4n) is 6.30. The number of ether oxygens (including phenoxy) is 11. The van der Waals surface area contributed by atoms with Crippen molar-refractivity contribution >= 4 is 30.0 Å². The first-order valence-electron chi connectivity index (χ1n) is 22.6. The number of imide groups is 1. The second-order valence-electron chi connectivity index (χ2n) is 17.6. The molecule has 8 atom stereocenters. The highest BCUT2D eigenvalue weighted by atomic mass is 16.6. The standard InChI is InChI=1S/C25H43NO9.C22H32N2O8/c1-10-12-14-31-19-16-30-15-18(21(27)33-17(3)20(19)32-13-11-2)26(22(28)34-24(4,5)6)23(29)35-25(7,8)9;1-5-7-11-30-17-13-29-12-15(22(27)32-14(3)20(17)31-10-6-2)24-21(26)18-19(25)16(28-4)8-9-23-18/h11,17-20H,2,10,12-16H2,1,3-9H3;6,8-9,14-15,17,20,25H,2,5,7,10-13H2,1,3-4H3,(H,24,26)/t17-,18-,19-,20-;14-,15-,17-,20-/m00/s1. The Balaban J connectivity index is 0.000000462. The third-order valence-electron chi connectivity index (χ3n) is 9.54. The van der Waals surface area contributed by atoms with E-state index in [0.29, 0.717) is 18.1 Å². The molecule has 0 bridgehead atoms. The topological polar surface area (TPSA) is 235 Å². The number of nitrogens with one attached hydrogen (secondary N) is 1. The van der Waals surface area contributed by atoms with Gasteiger partial charge in [0.15, 0.2) is 29.3 Å². The van der Waals surface area contributed by atoms with Gasteiger partial charge in [0.2, 0.25) is 0 Å². The van der Waals surface area contributed by atoms with Crippen molar-refractivity contribution in [2.24, 2.45) is 0 Å². The summed E-state index contributed by atoms with van der Waals surface area (Å²) in [4.78, 5) is 69.1. The summed E-state index contributed by atoms with van der Waals surface area (Å²) in [6.45, 7) is 25.9. The molecule has 0 radical (unpaired) electrons. The molecular formula is C47H75N3O17. The molecule has 3 rings (SSSR count). The molecule has 2 aliphatic rings. The summed E-state index contributed by atoms with van der Waals surface area (Å²) in [6.07, 6.45) is 2.36. The number of aromatic hydroxyl groups is 1. The zero-order valence-corrected chi connectivity index (χ0v) is 41.2. The van der Waals surface area contributed by atoms with Crippen LogP contribution in [-0.2, 0) is 57.0 Å². The number of aromatic nitrogens is 1. The summed E-state index contributed by atoms with van der Waals surface area (Å²) >= 11 is 0. The second-order valence-corrected chi connectivity index (χ2v) is 17.6. The van der Waals surface area contributed by atoms with Crippen LogP contribution < -0.4 is 10.1 Å². The van der Waals surface area contributed by atoms with Crippen LogP contribution in [0.1, 0.15) is 105 Å². The van der Waals surface area contributed by atoms with Crippen molar-refractivity contribution in [3.8, 4) is 11.5 Å². The van der Waals surface area contributed by atoms with Crippen LogP contribution in [0.3, 0.4) is 0 Å². The Morgan fingerprint density at radius 1 is 0.791 bits per heavy atom. The van der Waals surface area contributed by atoms with Crippen molar-refractivity contribution in [3.05, 3.63) is 43.3 Å². The Morgan fingerprint density at radius 2 is 1.27 bits per heavy atom. The van der Waals surface area contributed by atoms with E-state index in [9.17, 15) is 29.1 Å². The van der Waals surface area contributed by atoms with Crippen molar-refractivity contribution in [3.63, 3.8) is 0 Å². The molecule has 0 aromatic carbocycles. The molecule has 2 aliphatic heterocycles. The number of carbonyl (C=O) groups excluding carboxylic acids is 5. The van der Waals surface area contributed by atoms with E-state index in [-0.39, 0.29) is 51.1 Å². The second kappa shape index (κ2) is 29.1. The van der Waals surface area contributed by atoms with E-state index in [1.807, 2.05) is 6.92 Å². The molecule has 1 aromatic heterocycles. The van der Waals surface area contributed by atoms with Crippen molar-refractivity contribution < 1.29 is 81.2 Å². The number of unbranched alkanes of at least 4 members (excludes halogenated alkanes) is 2. The van der Waals surface area contributed by atoms with Crippen molar-refractivity contribution in [1.82, 2.24) is 15.2 Å². The van der Waals surface area contributed by atoms with Gasteiger partial charge in [-0.3, -0.25) is 4.79 Å². The zero-order chi connectivity index (χ0) is 50.3. The van der Waals surface area contributed by atoms with Crippen molar-refractivity contribution in [2.45, 2.75) is 155 Å². The van der Waals surface area contributed by atoms with Gasteiger partial charge in [0.05, 0.1) is 46.8 Å². The van der Waals surface area contributed by atoms with Crippen LogP contribution in [0.4, 0.5) is 9.59 Å². The lowest BCUT2D eigenvalue weighted by Gasteiger charge is -2.32. The average Bonchev–Trinajstić information content (AvgIpc) is 3.32. The smallest absolute Gasteiger partial charge is 0.420 e. The molecule has 2 N–H and O–H groups in total. The van der Waals surface area contributed by atoms with Gasteiger partial charge in [-0.25, -0.2) is 24.2 Å². The number of pyridine rings is 1. The van der Waals surface area contributed by atoms with Gasteiger partial charge < -0.3 is 62.5 Å². The SMILES string of the molecule is C=CCO[C@H]1[C@H](C)OC(=O)[C@@H](N(C(=O)OC(C)(C)C)C(=O)OC(C)(C)C)COC[C@@H]1OCCCC.C=CCO[C@H]1[C@H](C)OC(=O)[C@@H](NC(=O)c2nccc(OC)c2O)COC[C@@H]1OCCCC. The van der Waals surface area contributed by atoms with E-state index < -0.39 is 95.7 Å². The molecule has 3 amide bonds. The molecule has 20 heteroatoms. The van der Waals surface area contributed by atoms with E-state index in [1.165, 1.54) is 19.4 Å². The van der Waals surface area contributed by atoms with Crippen LogP contribution in [0, 0.1) is 0 Å². The highest BCUT2D eigenvalue weighted by molar-refractivity contribution is 5.98. The van der Waals surface area contributed by atoms with Gasteiger partial charge in [-0.15, -0.1) is 13.2 Å². The van der Waals surface area contributed by atoms with Gasteiger partial charge in [-0.05, 0) is 68.2 Å². The van der Waals surface area contributed by atoms with Crippen LogP contribution in [0.15, 0.2) is 37.6 Å². The van der Waals surface area contributed by atoms with E-state index in [2.05, 4.69) is 30.4 Å². The number of esters is 2. The lowest BCUT2D eigenvalue weighted by molar-refractivity contribution is -0.168. The molecule has 2 fully saturated rings. The Hall–Kier alpha value is -4.86. The molecule has 2 saturated heterocycles. The summed E-state index contributed by atoms with van der Waals surface area (Å²) < 4.78 is 62.1. The van der Waals surface area contributed by atoms with Crippen LogP contribution in [-0.4, -0.2) is 165 Å². The molecular weight excluding hydrogens is 879 g/mol.